The zero-order valence-electron chi connectivity index (χ0n) is 12.0. The van der Waals surface area contributed by atoms with Crippen molar-refractivity contribution >= 4 is 22.6 Å². The van der Waals surface area contributed by atoms with Crippen molar-refractivity contribution in [3.8, 4) is 0 Å². The fourth-order valence-corrected chi connectivity index (χ4v) is 2.37. The monoisotopic (exact) mass is 259 g/mol. The standard InChI is InChI=1S/C15H21N3O/c1-5-11(6-2)15(19)18(4)12-7-8-13-14(9-12)17-10(3)16-13/h7-9,11H,5-6H2,1-4H3,(H,16,17). The molecule has 1 aromatic heterocycles. The van der Waals surface area contributed by atoms with E-state index in [4.69, 9.17) is 0 Å². The molecule has 0 aliphatic carbocycles. The average Bonchev–Trinajstić information content (AvgIpc) is 2.78. The van der Waals surface area contributed by atoms with E-state index in [1.807, 2.05) is 32.2 Å². The number of nitrogens with one attached hydrogen (secondary N) is 1. The lowest BCUT2D eigenvalue weighted by atomic mass is 10.0. The van der Waals surface area contributed by atoms with Crippen LogP contribution in [0.25, 0.3) is 11.0 Å². The molecule has 0 aliphatic rings. The number of imidazole rings is 1. The van der Waals surface area contributed by atoms with Crippen LogP contribution in [0, 0.1) is 12.8 Å². The number of fused-ring (bicyclic) bond motifs is 1. The van der Waals surface area contributed by atoms with E-state index in [0.717, 1.165) is 35.4 Å². The molecule has 0 saturated heterocycles. The van der Waals surface area contributed by atoms with Crippen LogP contribution in [0.1, 0.15) is 32.5 Å². The maximum absolute atomic E-state index is 12.3. The van der Waals surface area contributed by atoms with Gasteiger partial charge in [0, 0.05) is 18.7 Å². The lowest BCUT2D eigenvalue weighted by Gasteiger charge is -2.22. The highest BCUT2D eigenvalue weighted by atomic mass is 16.2. The largest absolute Gasteiger partial charge is 0.342 e. The van der Waals surface area contributed by atoms with Gasteiger partial charge in [-0.3, -0.25) is 4.79 Å². The van der Waals surface area contributed by atoms with Gasteiger partial charge in [-0.25, -0.2) is 4.98 Å². The van der Waals surface area contributed by atoms with E-state index in [9.17, 15) is 4.79 Å². The predicted molar refractivity (Wildman–Crippen MR) is 78.3 cm³/mol. The number of carbonyl (C=O) groups is 1. The van der Waals surface area contributed by atoms with Crippen LogP contribution >= 0.6 is 0 Å². The summed E-state index contributed by atoms with van der Waals surface area (Å²) < 4.78 is 0. The highest BCUT2D eigenvalue weighted by Crippen LogP contribution is 2.22. The Balaban J connectivity index is 2.30. The molecule has 1 amide bonds. The van der Waals surface area contributed by atoms with Crippen LogP contribution in [0.2, 0.25) is 0 Å². The Morgan fingerprint density at radius 3 is 2.68 bits per heavy atom. The van der Waals surface area contributed by atoms with Crippen LogP contribution in [-0.2, 0) is 4.79 Å². The third-order valence-corrected chi connectivity index (χ3v) is 3.64. The molecule has 102 valence electrons. The number of hydrogen-bond donors (Lipinski definition) is 1. The number of aryl methyl sites for hydroxylation is 1. The SMILES string of the molecule is CCC(CC)C(=O)N(C)c1ccc2nc(C)[nH]c2c1. The van der Waals surface area contributed by atoms with Crippen molar-refractivity contribution < 1.29 is 4.79 Å². The predicted octanol–water partition coefficient (Wildman–Crippen LogP) is 3.27. The summed E-state index contributed by atoms with van der Waals surface area (Å²) in [7, 11) is 1.84. The number of aromatic nitrogens is 2. The lowest BCUT2D eigenvalue weighted by Crippen LogP contribution is -2.32. The molecule has 0 bridgehead atoms. The van der Waals surface area contributed by atoms with E-state index in [2.05, 4.69) is 23.8 Å². The second-order valence-corrected chi connectivity index (χ2v) is 4.93. The topological polar surface area (TPSA) is 49.0 Å². The number of nitrogens with zero attached hydrogens (tertiary/aromatic N) is 2. The first-order chi connectivity index (χ1) is 9.06. The maximum atomic E-state index is 12.3. The third kappa shape index (κ3) is 2.62. The van der Waals surface area contributed by atoms with E-state index >= 15 is 0 Å². The van der Waals surface area contributed by atoms with Gasteiger partial charge in [-0.05, 0) is 38.0 Å². The molecule has 1 heterocycles. The average molecular weight is 259 g/mol. The lowest BCUT2D eigenvalue weighted by molar-refractivity contribution is -0.122. The van der Waals surface area contributed by atoms with Gasteiger partial charge in [0.05, 0.1) is 11.0 Å². The van der Waals surface area contributed by atoms with Gasteiger partial charge in [0.25, 0.3) is 0 Å². The number of H-pyrrole nitrogens is 1. The van der Waals surface area contributed by atoms with Crippen molar-refractivity contribution in [1.82, 2.24) is 9.97 Å². The van der Waals surface area contributed by atoms with Gasteiger partial charge >= 0.3 is 0 Å². The van der Waals surface area contributed by atoms with Gasteiger partial charge in [0.1, 0.15) is 5.82 Å². The number of amides is 1. The molecule has 0 aliphatic heterocycles. The number of carbonyl (C=O) groups excluding carboxylic acids is 1. The summed E-state index contributed by atoms with van der Waals surface area (Å²) >= 11 is 0. The first-order valence-corrected chi connectivity index (χ1v) is 6.80. The molecule has 2 rings (SSSR count). The van der Waals surface area contributed by atoms with Gasteiger partial charge in [-0.15, -0.1) is 0 Å². The number of rotatable bonds is 4. The van der Waals surface area contributed by atoms with Crippen molar-refractivity contribution in [1.29, 1.82) is 0 Å². The van der Waals surface area contributed by atoms with Gasteiger partial charge in [-0.2, -0.15) is 0 Å². The van der Waals surface area contributed by atoms with Gasteiger partial charge in [-0.1, -0.05) is 13.8 Å². The van der Waals surface area contributed by atoms with Crippen molar-refractivity contribution in [2.75, 3.05) is 11.9 Å². The summed E-state index contributed by atoms with van der Waals surface area (Å²) in [6, 6.07) is 5.88. The molecule has 0 radical (unpaired) electrons. The molecular formula is C15H21N3O. The van der Waals surface area contributed by atoms with Crippen LogP contribution < -0.4 is 4.90 Å². The molecule has 4 heteroatoms. The molecule has 0 atom stereocenters. The Bertz CT molecular complexity index is 584. The van der Waals surface area contributed by atoms with E-state index in [-0.39, 0.29) is 11.8 Å². The molecule has 0 fully saturated rings. The zero-order valence-corrected chi connectivity index (χ0v) is 12.0. The highest BCUT2D eigenvalue weighted by Gasteiger charge is 2.19. The first kappa shape index (κ1) is 13.6. The number of aromatic amines is 1. The fraction of sp³-hybridized carbons (Fsp3) is 0.467. The quantitative estimate of drug-likeness (QED) is 0.916. The van der Waals surface area contributed by atoms with E-state index in [1.165, 1.54) is 0 Å². The summed E-state index contributed by atoms with van der Waals surface area (Å²) in [6.45, 7) is 6.04. The van der Waals surface area contributed by atoms with Crippen LogP contribution in [-0.4, -0.2) is 22.9 Å². The van der Waals surface area contributed by atoms with Crippen molar-refractivity contribution in [2.24, 2.45) is 5.92 Å². The summed E-state index contributed by atoms with van der Waals surface area (Å²) in [5, 5.41) is 0. The number of anilines is 1. The van der Waals surface area contributed by atoms with Crippen LogP contribution in [0.5, 0.6) is 0 Å². The third-order valence-electron chi connectivity index (χ3n) is 3.64. The van der Waals surface area contributed by atoms with Crippen LogP contribution in [0.4, 0.5) is 5.69 Å². The summed E-state index contributed by atoms with van der Waals surface area (Å²) in [4.78, 5) is 21.7. The van der Waals surface area contributed by atoms with Gasteiger partial charge < -0.3 is 9.88 Å². The van der Waals surface area contributed by atoms with E-state index < -0.39 is 0 Å². The minimum atomic E-state index is 0.101. The molecule has 4 nitrogen and oxygen atoms in total. The highest BCUT2D eigenvalue weighted by molar-refractivity contribution is 5.96. The van der Waals surface area contributed by atoms with Gasteiger partial charge in [0.2, 0.25) is 5.91 Å². The molecule has 0 spiro atoms. The molecule has 0 saturated carbocycles. The van der Waals surface area contributed by atoms with Crippen LogP contribution in [0.15, 0.2) is 18.2 Å². The molecule has 0 unspecified atom stereocenters. The van der Waals surface area contributed by atoms with Crippen molar-refractivity contribution in [3.63, 3.8) is 0 Å². The Kier molecular flexibility index (Phi) is 3.88. The van der Waals surface area contributed by atoms with Crippen molar-refractivity contribution in [3.05, 3.63) is 24.0 Å². The molecule has 1 aromatic carbocycles. The minimum absolute atomic E-state index is 0.101. The smallest absolute Gasteiger partial charge is 0.229 e. The zero-order chi connectivity index (χ0) is 14.0. The summed E-state index contributed by atoms with van der Waals surface area (Å²) in [6.07, 6.45) is 1.76. The van der Waals surface area contributed by atoms with E-state index in [1.54, 1.807) is 4.90 Å². The van der Waals surface area contributed by atoms with Crippen LogP contribution in [0.3, 0.4) is 0 Å². The number of benzene rings is 1. The minimum Gasteiger partial charge on any atom is -0.342 e. The van der Waals surface area contributed by atoms with E-state index in [0.29, 0.717) is 0 Å². The number of hydrogen-bond acceptors (Lipinski definition) is 2. The summed E-state index contributed by atoms with van der Waals surface area (Å²) in [5.74, 6) is 1.17. The maximum Gasteiger partial charge on any atom is 0.229 e. The summed E-state index contributed by atoms with van der Waals surface area (Å²) in [5.41, 5.74) is 2.82. The Labute approximate surface area is 113 Å². The molecule has 19 heavy (non-hydrogen) atoms. The Hall–Kier alpha value is -1.84. The second-order valence-electron chi connectivity index (χ2n) is 4.93. The fourth-order valence-electron chi connectivity index (χ4n) is 2.37. The van der Waals surface area contributed by atoms with Crippen molar-refractivity contribution in [2.45, 2.75) is 33.6 Å². The Morgan fingerprint density at radius 1 is 1.37 bits per heavy atom. The Morgan fingerprint density at radius 2 is 2.05 bits per heavy atom. The molecular weight excluding hydrogens is 238 g/mol. The second kappa shape index (κ2) is 5.43. The first-order valence-electron chi connectivity index (χ1n) is 6.80. The molecule has 1 N–H and O–H groups in total. The normalized spacial score (nSPS) is 11.2. The van der Waals surface area contributed by atoms with Gasteiger partial charge in [0.15, 0.2) is 0 Å². The molecule has 2 aromatic rings.